The van der Waals surface area contributed by atoms with Gasteiger partial charge in [0, 0.05) is 29.3 Å². The van der Waals surface area contributed by atoms with E-state index < -0.39 is 5.97 Å². The molecule has 0 bridgehead atoms. The quantitative estimate of drug-likeness (QED) is 0.838. The van der Waals surface area contributed by atoms with E-state index in [0.29, 0.717) is 0 Å². The van der Waals surface area contributed by atoms with Crippen molar-refractivity contribution in [3.63, 3.8) is 0 Å². The number of carboxylic acids is 1. The minimum Gasteiger partial charge on any atom is -0.478 e. The van der Waals surface area contributed by atoms with Crippen molar-refractivity contribution >= 4 is 33.7 Å². The van der Waals surface area contributed by atoms with E-state index >= 15 is 0 Å². The minimum atomic E-state index is -0.916. The molecule has 0 saturated carbocycles. The summed E-state index contributed by atoms with van der Waals surface area (Å²) in [6, 6.07) is 6.07. The van der Waals surface area contributed by atoms with E-state index in [0.717, 1.165) is 34.7 Å². The highest BCUT2D eigenvalue weighted by Crippen LogP contribution is 2.30. The second kappa shape index (κ2) is 6.93. The molecule has 0 amide bonds. The van der Waals surface area contributed by atoms with Crippen molar-refractivity contribution < 1.29 is 9.90 Å². The molecule has 1 saturated heterocycles. The van der Waals surface area contributed by atoms with Crippen LogP contribution >= 0.6 is 15.9 Å². The van der Waals surface area contributed by atoms with Gasteiger partial charge in [-0.3, -0.25) is 0 Å². The third-order valence-electron chi connectivity index (χ3n) is 3.83. The average molecular weight is 338 g/mol. The van der Waals surface area contributed by atoms with Gasteiger partial charge in [-0.1, -0.05) is 29.3 Å². The first kappa shape index (κ1) is 15.1. The van der Waals surface area contributed by atoms with Crippen molar-refractivity contribution in [2.75, 3.05) is 18.0 Å². The highest BCUT2D eigenvalue weighted by Gasteiger charge is 2.20. The summed E-state index contributed by atoms with van der Waals surface area (Å²) in [4.78, 5) is 13.1. The van der Waals surface area contributed by atoms with Crippen molar-refractivity contribution in [2.24, 2.45) is 5.92 Å². The van der Waals surface area contributed by atoms with E-state index in [9.17, 15) is 4.79 Å². The second-order valence-corrected chi connectivity index (χ2v) is 6.15. The molecule has 1 aliphatic rings. The van der Waals surface area contributed by atoms with Gasteiger partial charge in [0.1, 0.15) is 0 Å². The Kier molecular flexibility index (Phi) is 5.24. The van der Waals surface area contributed by atoms with Gasteiger partial charge in [0.25, 0.3) is 0 Å². The molecule has 0 aromatic heterocycles. The normalized spacial score (nSPS) is 19.5. The van der Waals surface area contributed by atoms with Crippen molar-refractivity contribution in [1.82, 2.24) is 0 Å². The maximum Gasteiger partial charge on any atom is 0.328 e. The van der Waals surface area contributed by atoms with Crippen molar-refractivity contribution in [1.29, 1.82) is 0 Å². The third kappa shape index (κ3) is 3.85. The predicted octanol–water partition coefficient (Wildman–Crippen LogP) is 4.17. The van der Waals surface area contributed by atoms with Crippen LogP contribution < -0.4 is 4.90 Å². The molecule has 1 unspecified atom stereocenters. The summed E-state index contributed by atoms with van der Waals surface area (Å²) in [7, 11) is 0. The van der Waals surface area contributed by atoms with Crippen molar-refractivity contribution in [3.8, 4) is 0 Å². The summed E-state index contributed by atoms with van der Waals surface area (Å²) in [5.74, 6) is -0.176. The number of piperidine rings is 1. The molecule has 2 rings (SSSR count). The van der Waals surface area contributed by atoms with Crippen LogP contribution in [-0.4, -0.2) is 24.2 Å². The van der Waals surface area contributed by atoms with E-state index in [4.69, 9.17) is 5.11 Å². The van der Waals surface area contributed by atoms with Gasteiger partial charge in [0.05, 0.1) is 0 Å². The SMILES string of the molecule is CCC1CCCN(c2ccc(Br)cc2/C=C/C(=O)O)C1. The number of aliphatic carboxylic acids is 1. The number of hydrogen-bond acceptors (Lipinski definition) is 2. The predicted molar refractivity (Wildman–Crippen MR) is 86.0 cm³/mol. The molecule has 20 heavy (non-hydrogen) atoms. The topological polar surface area (TPSA) is 40.5 Å². The van der Waals surface area contributed by atoms with Crippen LogP contribution in [0.4, 0.5) is 5.69 Å². The number of carbonyl (C=O) groups is 1. The van der Waals surface area contributed by atoms with Gasteiger partial charge in [-0.2, -0.15) is 0 Å². The lowest BCUT2D eigenvalue weighted by atomic mass is 9.94. The molecule has 1 N–H and O–H groups in total. The van der Waals surface area contributed by atoms with E-state index in [1.807, 2.05) is 12.1 Å². The lowest BCUT2D eigenvalue weighted by Gasteiger charge is -2.35. The van der Waals surface area contributed by atoms with Crippen LogP contribution in [0, 0.1) is 5.92 Å². The summed E-state index contributed by atoms with van der Waals surface area (Å²) in [6.07, 6.45) is 6.58. The maximum atomic E-state index is 10.7. The highest BCUT2D eigenvalue weighted by atomic mass is 79.9. The number of nitrogens with zero attached hydrogens (tertiary/aromatic N) is 1. The largest absolute Gasteiger partial charge is 0.478 e. The molecule has 4 heteroatoms. The van der Waals surface area contributed by atoms with Gasteiger partial charge < -0.3 is 10.0 Å². The van der Waals surface area contributed by atoms with Crippen LogP contribution in [0.1, 0.15) is 31.7 Å². The zero-order valence-electron chi connectivity index (χ0n) is 11.7. The first-order chi connectivity index (χ1) is 9.60. The van der Waals surface area contributed by atoms with Gasteiger partial charge in [-0.25, -0.2) is 4.79 Å². The number of benzene rings is 1. The van der Waals surface area contributed by atoms with E-state index in [1.165, 1.54) is 25.3 Å². The molecule has 0 radical (unpaired) electrons. The fraction of sp³-hybridized carbons (Fsp3) is 0.438. The van der Waals surface area contributed by atoms with Crippen molar-refractivity contribution in [3.05, 3.63) is 34.3 Å². The number of anilines is 1. The molecule has 3 nitrogen and oxygen atoms in total. The maximum absolute atomic E-state index is 10.7. The van der Waals surface area contributed by atoms with E-state index in [-0.39, 0.29) is 0 Å². The van der Waals surface area contributed by atoms with Gasteiger partial charge in [0.2, 0.25) is 0 Å². The van der Waals surface area contributed by atoms with Crippen LogP contribution in [0.25, 0.3) is 6.08 Å². The molecule has 1 aromatic rings. The van der Waals surface area contributed by atoms with Crippen LogP contribution in [0.5, 0.6) is 0 Å². The summed E-state index contributed by atoms with van der Waals surface area (Å²) in [6.45, 7) is 4.35. The number of hydrogen-bond donors (Lipinski definition) is 1. The molecule has 0 spiro atoms. The molecular formula is C16H20BrNO2. The summed E-state index contributed by atoms with van der Waals surface area (Å²) >= 11 is 3.45. The zero-order valence-corrected chi connectivity index (χ0v) is 13.3. The standard InChI is InChI=1S/C16H20BrNO2/c1-2-12-4-3-9-18(11-12)15-7-6-14(17)10-13(15)5-8-16(19)20/h5-8,10,12H,2-4,9,11H2,1H3,(H,19,20)/b8-5+. The number of halogens is 1. The smallest absolute Gasteiger partial charge is 0.328 e. The molecule has 1 atom stereocenters. The fourth-order valence-corrected chi connectivity index (χ4v) is 3.10. The van der Waals surface area contributed by atoms with Crippen molar-refractivity contribution in [2.45, 2.75) is 26.2 Å². The minimum absolute atomic E-state index is 0.740. The Balaban J connectivity index is 2.28. The first-order valence-corrected chi connectivity index (χ1v) is 7.85. The fourth-order valence-electron chi connectivity index (χ4n) is 2.73. The van der Waals surface area contributed by atoms with Crippen LogP contribution in [0.3, 0.4) is 0 Å². The molecule has 1 heterocycles. The molecular weight excluding hydrogens is 318 g/mol. The lowest BCUT2D eigenvalue weighted by Crippen LogP contribution is -2.35. The van der Waals surface area contributed by atoms with Gasteiger partial charge >= 0.3 is 5.97 Å². The summed E-state index contributed by atoms with van der Waals surface area (Å²) in [5.41, 5.74) is 2.09. The first-order valence-electron chi connectivity index (χ1n) is 7.05. The molecule has 0 aliphatic carbocycles. The Labute approximate surface area is 128 Å². The van der Waals surface area contributed by atoms with Crippen LogP contribution in [0.15, 0.2) is 28.7 Å². The summed E-state index contributed by atoms with van der Waals surface area (Å²) in [5, 5.41) is 8.81. The van der Waals surface area contributed by atoms with Gasteiger partial charge in [0.15, 0.2) is 0 Å². The second-order valence-electron chi connectivity index (χ2n) is 5.24. The summed E-state index contributed by atoms with van der Waals surface area (Å²) < 4.78 is 0.968. The Morgan fingerprint density at radius 1 is 1.55 bits per heavy atom. The van der Waals surface area contributed by atoms with Crippen LogP contribution in [-0.2, 0) is 4.79 Å². The lowest BCUT2D eigenvalue weighted by molar-refractivity contribution is -0.131. The molecule has 1 fully saturated rings. The Hall–Kier alpha value is -1.29. The zero-order chi connectivity index (χ0) is 14.5. The highest BCUT2D eigenvalue weighted by molar-refractivity contribution is 9.10. The monoisotopic (exact) mass is 337 g/mol. The van der Waals surface area contributed by atoms with Gasteiger partial charge in [-0.15, -0.1) is 0 Å². The van der Waals surface area contributed by atoms with E-state index in [1.54, 1.807) is 6.08 Å². The Morgan fingerprint density at radius 2 is 2.35 bits per heavy atom. The van der Waals surface area contributed by atoms with E-state index in [2.05, 4.69) is 33.8 Å². The molecule has 1 aromatic carbocycles. The van der Waals surface area contributed by atoms with Gasteiger partial charge in [-0.05, 0) is 48.6 Å². The third-order valence-corrected chi connectivity index (χ3v) is 4.33. The number of carboxylic acid groups (broad SMARTS) is 1. The Morgan fingerprint density at radius 3 is 3.05 bits per heavy atom. The average Bonchev–Trinajstić information content (AvgIpc) is 2.45. The number of rotatable bonds is 4. The Bertz CT molecular complexity index is 513. The molecule has 1 aliphatic heterocycles. The van der Waals surface area contributed by atoms with Crippen LogP contribution in [0.2, 0.25) is 0 Å². The molecule has 108 valence electrons.